The highest BCUT2D eigenvalue weighted by Crippen LogP contribution is 2.23. The van der Waals surface area contributed by atoms with Gasteiger partial charge in [-0.1, -0.05) is 25.7 Å². The normalized spacial score (nSPS) is 42.8. The first-order valence-corrected chi connectivity index (χ1v) is 6.39. The van der Waals surface area contributed by atoms with Crippen LogP contribution in [0.4, 0.5) is 0 Å². The van der Waals surface area contributed by atoms with Crippen molar-refractivity contribution in [2.45, 2.75) is 75.7 Å². The summed E-state index contributed by atoms with van der Waals surface area (Å²) in [4.78, 5) is 0. The Morgan fingerprint density at radius 3 is 1.47 bits per heavy atom. The Hall–Kier alpha value is -0.120. The zero-order chi connectivity index (χ0) is 10.7. The highest BCUT2D eigenvalue weighted by Gasteiger charge is 2.29. The minimum absolute atomic E-state index is 0.201. The van der Waals surface area contributed by atoms with Gasteiger partial charge in [-0.15, -0.1) is 0 Å². The molecule has 0 spiro atoms. The molecule has 2 aliphatic carbocycles. The summed E-state index contributed by atoms with van der Waals surface area (Å²) in [6, 6.07) is 0.438. The molecule has 0 bridgehead atoms. The lowest BCUT2D eigenvalue weighted by Crippen LogP contribution is -2.52. The van der Waals surface area contributed by atoms with Crippen molar-refractivity contribution >= 4 is 0 Å². The molecule has 0 aliphatic heterocycles. The van der Waals surface area contributed by atoms with E-state index in [1.54, 1.807) is 0 Å². The van der Waals surface area contributed by atoms with Gasteiger partial charge in [-0.25, -0.2) is 0 Å². The lowest BCUT2D eigenvalue weighted by Gasteiger charge is -2.36. The Morgan fingerprint density at radius 2 is 1.07 bits per heavy atom. The zero-order valence-corrected chi connectivity index (χ0v) is 9.36. The summed E-state index contributed by atoms with van der Waals surface area (Å²) < 4.78 is 0. The molecule has 3 heteroatoms. The fourth-order valence-electron chi connectivity index (χ4n) is 2.89. The van der Waals surface area contributed by atoms with E-state index >= 15 is 0 Å². The highest BCUT2D eigenvalue weighted by molar-refractivity contribution is 4.88. The molecule has 4 unspecified atom stereocenters. The van der Waals surface area contributed by atoms with Gasteiger partial charge in [0, 0.05) is 12.1 Å². The molecule has 0 aromatic rings. The van der Waals surface area contributed by atoms with Gasteiger partial charge in [-0.2, -0.15) is 0 Å². The summed E-state index contributed by atoms with van der Waals surface area (Å²) in [6.45, 7) is 0. The molecule has 15 heavy (non-hydrogen) atoms. The third-order valence-electron chi connectivity index (χ3n) is 3.89. The lowest BCUT2D eigenvalue weighted by molar-refractivity contribution is 0.0446. The molecule has 3 nitrogen and oxygen atoms in total. The van der Waals surface area contributed by atoms with E-state index in [4.69, 9.17) is 0 Å². The van der Waals surface area contributed by atoms with Crippen LogP contribution in [0.1, 0.15) is 51.4 Å². The van der Waals surface area contributed by atoms with Gasteiger partial charge in [0.25, 0.3) is 0 Å². The van der Waals surface area contributed by atoms with Crippen molar-refractivity contribution in [3.05, 3.63) is 0 Å². The molecular weight excluding hydrogens is 190 g/mol. The Labute approximate surface area is 91.9 Å². The number of hydrogen-bond donors (Lipinski definition) is 3. The van der Waals surface area contributed by atoms with Crippen LogP contribution < -0.4 is 5.32 Å². The molecular formula is C12H23NO2. The Morgan fingerprint density at radius 1 is 0.667 bits per heavy atom. The first-order chi connectivity index (χ1) is 7.27. The molecule has 2 saturated carbocycles. The van der Waals surface area contributed by atoms with E-state index in [9.17, 15) is 10.2 Å². The molecule has 0 amide bonds. The summed E-state index contributed by atoms with van der Waals surface area (Å²) in [7, 11) is 0. The van der Waals surface area contributed by atoms with Gasteiger partial charge in [0.15, 0.2) is 0 Å². The SMILES string of the molecule is OC1CCCCC1NC1CCCCC1O. The monoisotopic (exact) mass is 213 g/mol. The molecule has 2 aliphatic rings. The topological polar surface area (TPSA) is 52.5 Å². The van der Waals surface area contributed by atoms with Crippen LogP contribution >= 0.6 is 0 Å². The van der Waals surface area contributed by atoms with Crippen molar-refractivity contribution in [1.29, 1.82) is 0 Å². The van der Waals surface area contributed by atoms with Gasteiger partial charge in [0.2, 0.25) is 0 Å². The van der Waals surface area contributed by atoms with Crippen LogP contribution in [0, 0.1) is 0 Å². The number of hydrogen-bond acceptors (Lipinski definition) is 3. The second-order valence-electron chi connectivity index (χ2n) is 5.08. The smallest absolute Gasteiger partial charge is 0.0693 e. The average Bonchev–Trinajstić information content (AvgIpc) is 2.24. The average molecular weight is 213 g/mol. The van der Waals surface area contributed by atoms with Crippen LogP contribution in [0.15, 0.2) is 0 Å². The molecule has 0 saturated heterocycles. The second kappa shape index (κ2) is 5.28. The molecule has 0 radical (unpaired) electrons. The zero-order valence-electron chi connectivity index (χ0n) is 9.36. The van der Waals surface area contributed by atoms with Crippen molar-refractivity contribution in [2.24, 2.45) is 0 Å². The molecule has 2 rings (SSSR count). The van der Waals surface area contributed by atoms with Gasteiger partial charge in [0.1, 0.15) is 0 Å². The number of aliphatic hydroxyl groups excluding tert-OH is 2. The maximum atomic E-state index is 9.84. The molecule has 0 heterocycles. The fourth-order valence-corrected chi connectivity index (χ4v) is 2.89. The van der Waals surface area contributed by atoms with Gasteiger partial charge < -0.3 is 15.5 Å². The third kappa shape index (κ3) is 2.92. The molecule has 88 valence electrons. The maximum Gasteiger partial charge on any atom is 0.0693 e. The van der Waals surface area contributed by atoms with E-state index in [1.807, 2.05) is 0 Å². The van der Waals surface area contributed by atoms with E-state index in [-0.39, 0.29) is 24.3 Å². The van der Waals surface area contributed by atoms with Crippen LogP contribution in [-0.4, -0.2) is 34.5 Å². The van der Waals surface area contributed by atoms with Crippen LogP contribution in [0.5, 0.6) is 0 Å². The minimum Gasteiger partial charge on any atom is -0.392 e. The van der Waals surface area contributed by atoms with Crippen molar-refractivity contribution in [3.8, 4) is 0 Å². The predicted octanol–water partition coefficient (Wildman–Crippen LogP) is 1.18. The van der Waals surface area contributed by atoms with Crippen molar-refractivity contribution < 1.29 is 10.2 Å². The summed E-state index contributed by atoms with van der Waals surface area (Å²) in [5, 5.41) is 23.1. The molecule has 4 atom stereocenters. The van der Waals surface area contributed by atoms with Gasteiger partial charge in [-0.05, 0) is 25.7 Å². The third-order valence-corrected chi connectivity index (χ3v) is 3.89. The summed E-state index contributed by atoms with van der Waals surface area (Å²) >= 11 is 0. The Balaban J connectivity index is 1.83. The van der Waals surface area contributed by atoms with E-state index in [0.29, 0.717) is 0 Å². The standard InChI is InChI=1S/C12H23NO2/c14-11-7-3-1-5-9(11)13-10-6-2-4-8-12(10)15/h9-15H,1-8H2. The van der Waals surface area contributed by atoms with Gasteiger partial charge in [0.05, 0.1) is 12.2 Å². The fraction of sp³-hybridized carbons (Fsp3) is 1.00. The van der Waals surface area contributed by atoms with Crippen LogP contribution in [0.3, 0.4) is 0 Å². The summed E-state index contributed by atoms with van der Waals surface area (Å²) in [5.74, 6) is 0. The maximum absolute atomic E-state index is 9.84. The predicted molar refractivity (Wildman–Crippen MR) is 59.7 cm³/mol. The molecule has 3 N–H and O–H groups in total. The van der Waals surface area contributed by atoms with Crippen LogP contribution in [0.25, 0.3) is 0 Å². The van der Waals surface area contributed by atoms with Crippen molar-refractivity contribution in [2.75, 3.05) is 0 Å². The highest BCUT2D eigenvalue weighted by atomic mass is 16.3. The van der Waals surface area contributed by atoms with Crippen molar-refractivity contribution in [3.63, 3.8) is 0 Å². The van der Waals surface area contributed by atoms with Gasteiger partial charge >= 0.3 is 0 Å². The number of aliphatic hydroxyl groups is 2. The van der Waals surface area contributed by atoms with Gasteiger partial charge in [-0.3, -0.25) is 0 Å². The van der Waals surface area contributed by atoms with Crippen LogP contribution in [0.2, 0.25) is 0 Å². The first kappa shape index (κ1) is 11.4. The second-order valence-corrected chi connectivity index (χ2v) is 5.08. The minimum atomic E-state index is -0.201. The number of rotatable bonds is 2. The summed E-state index contributed by atoms with van der Waals surface area (Å²) in [6.07, 6.45) is 8.25. The molecule has 0 aromatic carbocycles. The Kier molecular flexibility index (Phi) is 4.00. The molecule has 0 aromatic heterocycles. The van der Waals surface area contributed by atoms with E-state index in [0.717, 1.165) is 38.5 Å². The Bertz CT molecular complexity index is 178. The van der Waals surface area contributed by atoms with Crippen molar-refractivity contribution in [1.82, 2.24) is 5.32 Å². The van der Waals surface area contributed by atoms with E-state index in [1.165, 1.54) is 12.8 Å². The largest absolute Gasteiger partial charge is 0.392 e. The number of nitrogens with one attached hydrogen (secondary N) is 1. The van der Waals surface area contributed by atoms with E-state index in [2.05, 4.69) is 5.32 Å². The molecule has 2 fully saturated rings. The summed E-state index contributed by atoms with van der Waals surface area (Å²) in [5.41, 5.74) is 0. The lowest BCUT2D eigenvalue weighted by atomic mass is 9.88. The van der Waals surface area contributed by atoms with E-state index < -0.39 is 0 Å². The first-order valence-electron chi connectivity index (χ1n) is 6.39. The quantitative estimate of drug-likeness (QED) is 0.645. The van der Waals surface area contributed by atoms with Crippen LogP contribution in [-0.2, 0) is 0 Å².